The second-order valence-electron chi connectivity index (χ2n) is 17.9. The second-order valence-corrected chi connectivity index (χ2v) is 24.1. The molecule has 0 radical (unpaired) electrons. The minimum atomic E-state index is -1.20. The van der Waals surface area contributed by atoms with E-state index >= 15 is 0 Å². The molecule has 2 aliphatic heterocycles. The molecule has 0 saturated carbocycles. The first-order chi connectivity index (χ1) is 33.8. The molecule has 8 aromatic carbocycles. The monoisotopic (exact) mass is 942 g/mol. The van der Waals surface area contributed by atoms with Crippen molar-refractivity contribution in [3.8, 4) is 0 Å². The maximum atomic E-state index is 7.01. The lowest BCUT2D eigenvalue weighted by molar-refractivity contribution is 0.668. The van der Waals surface area contributed by atoms with Gasteiger partial charge in [0.25, 0.3) is 15.4 Å². The van der Waals surface area contributed by atoms with Crippen molar-refractivity contribution in [1.29, 1.82) is 0 Å². The molecule has 4 nitrogen and oxygen atoms in total. The van der Waals surface area contributed by atoms with E-state index < -0.39 is 15.4 Å². The van der Waals surface area contributed by atoms with Gasteiger partial charge in [-0.25, -0.2) is 0 Å². The highest BCUT2D eigenvalue weighted by Crippen LogP contribution is 2.60. The lowest BCUT2D eigenvalue weighted by atomic mass is 9.86. The topological polar surface area (TPSA) is 32.8 Å². The van der Waals surface area contributed by atoms with Gasteiger partial charge < -0.3 is 8.83 Å². The van der Waals surface area contributed by atoms with Gasteiger partial charge in [-0.2, -0.15) is 9.34 Å². The Morgan fingerprint density at radius 1 is 0.500 bits per heavy atom. The predicted molar refractivity (Wildman–Crippen MR) is 296 cm³/mol. The number of allylic oxidation sites excluding steroid dienone is 5. The van der Waals surface area contributed by atoms with E-state index in [-0.39, 0.29) is 6.04 Å². The van der Waals surface area contributed by atoms with Crippen LogP contribution in [0.2, 0.25) is 0 Å². The molecular formula is C60H36N2O2P2S2+2. The van der Waals surface area contributed by atoms with Gasteiger partial charge in [-0.15, -0.1) is 22.7 Å². The van der Waals surface area contributed by atoms with Crippen LogP contribution >= 0.6 is 38.1 Å². The quantitative estimate of drug-likeness (QED) is 0.165. The fourth-order valence-corrected chi connectivity index (χ4v) is 20.3. The Morgan fingerprint density at radius 2 is 1.03 bits per heavy atom. The molecule has 0 N–H and O–H groups in total. The first-order valence-corrected chi connectivity index (χ1v) is 27.3. The molecule has 0 bridgehead atoms. The lowest BCUT2D eigenvalue weighted by Gasteiger charge is -2.40. The largest absolute Gasteiger partial charge is 0.454 e. The summed E-state index contributed by atoms with van der Waals surface area (Å²) in [6.45, 7) is 0. The minimum absolute atomic E-state index is 0.0977. The fourth-order valence-electron chi connectivity index (χ4n) is 11.6. The molecule has 16 rings (SSSR count). The average Bonchev–Trinajstić information content (AvgIpc) is 4.18. The molecule has 3 unspecified atom stereocenters. The van der Waals surface area contributed by atoms with E-state index in [2.05, 4.69) is 210 Å². The molecule has 8 heteroatoms. The van der Waals surface area contributed by atoms with Crippen LogP contribution in [0.15, 0.2) is 226 Å². The van der Waals surface area contributed by atoms with E-state index in [4.69, 9.17) is 8.83 Å². The van der Waals surface area contributed by atoms with E-state index in [9.17, 15) is 0 Å². The lowest BCUT2D eigenvalue weighted by Crippen LogP contribution is -2.46. The highest BCUT2D eigenvalue weighted by Gasteiger charge is 2.56. The third-order valence-corrected chi connectivity index (χ3v) is 22.2. The number of thiophene rings is 2. The molecule has 4 aromatic heterocycles. The highest BCUT2D eigenvalue weighted by atomic mass is 32.1. The SMILES string of the molecule is C1=CC2C3=C4C(=[P+](c5cccc6c5sc5ccccc56)N(c5cccc6c5oc5ccccc56)C3=C1)C=CCC4=[P+](c1cccc3c1sc1ccccc13)N2c1cccc2c1oc1ccccc12. The molecule has 0 fully saturated rings. The number of anilines is 2. The summed E-state index contributed by atoms with van der Waals surface area (Å²) in [5, 5.41) is 15.5. The fraction of sp³-hybridized carbons (Fsp3) is 0.0333. The number of rotatable bonds is 4. The summed E-state index contributed by atoms with van der Waals surface area (Å²) >= 11 is 3.87. The third-order valence-electron chi connectivity index (χ3n) is 14.4. The van der Waals surface area contributed by atoms with Crippen LogP contribution in [0.1, 0.15) is 6.42 Å². The van der Waals surface area contributed by atoms with Crippen LogP contribution < -0.4 is 19.9 Å². The van der Waals surface area contributed by atoms with Crippen LogP contribution in [-0.4, -0.2) is 16.6 Å². The summed E-state index contributed by atoms with van der Waals surface area (Å²) in [6.07, 6.45) is 13.0. The zero-order valence-electron chi connectivity index (χ0n) is 36.3. The predicted octanol–water partition coefficient (Wildman–Crippen LogP) is 16.4. The van der Waals surface area contributed by atoms with Gasteiger partial charge in [0.05, 0.1) is 20.7 Å². The molecule has 4 aliphatic rings. The van der Waals surface area contributed by atoms with Gasteiger partial charge in [-0.3, -0.25) is 0 Å². The summed E-state index contributed by atoms with van der Waals surface area (Å²) < 4.78 is 24.9. The Labute approximate surface area is 400 Å². The normalized spacial score (nSPS) is 18.0. The Bertz CT molecular complexity index is 4460. The van der Waals surface area contributed by atoms with Crippen LogP contribution in [0.3, 0.4) is 0 Å². The second kappa shape index (κ2) is 14.1. The van der Waals surface area contributed by atoms with Crippen molar-refractivity contribution in [3.05, 3.63) is 217 Å². The molecular weight excluding hydrogens is 907 g/mol. The number of para-hydroxylation sites is 4. The van der Waals surface area contributed by atoms with Crippen molar-refractivity contribution in [1.82, 2.24) is 0 Å². The smallest absolute Gasteiger partial charge is 0.265 e. The van der Waals surface area contributed by atoms with Crippen LogP contribution in [0.25, 0.3) is 84.2 Å². The van der Waals surface area contributed by atoms with E-state index in [1.165, 1.54) is 78.4 Å². The van der Waals surface area contributed by atoms with Crippen LogP contribution in [0.4, 0.5) is 11.4 Å². The average molecular weight is 943 g/mol. The number of benzene rings is 8. The number of furan rings is 2. The Hall–Kier alpha value is -7.30. The zero-order chi connectivity index (χ0) is 44.2. The van der Waals surface area contributed by atoms with Gasteiger partial charge in [0, 0.05) is 64.5 Å². The van der Waals surface area contributed by atoms with Crippen molar-refractivity contribution >= 4 is 155 Å². The van der Waals surface area contributed by atoms with Crippen molar-refractivity contribution in [2.75, 3.05) is 9.34 Å². The third kappa shape index (κ3) is 5.05. The Balaban J connectivity index is 1.06. The molecule has 0 amide bonds. The van der Waals surface area contributed by atoms with Gasteiger partial charge >= 0.3 is 0 Å². The molecule has 2 aliphatic carbocycles. The molecule has 0 spiro atoms. The van der Waals surface area contributed by atoms with E-state index in [1.807, 2.05) is 22.7 Å². The van der Waals surface area contributed by atoms with E-state index in [0.29, 0.717) is 0 Å². The molecule has 68 heavy (non-hydrogen) atoms. The van der Waals surface area contributed by atoms with Gasteiger partial charge in [0.15, 0.2) is 32.4 Å². The maximum absolute atomic E-state index is 7.01. The molecule has 3 atom stereocenters. The van der Waals surface area contributed by atoms with Gasteiger partial charge in [-0.1, -0.05) is 140 Å². The van der Waals surface area contributed by atoms with Gasteiger partial charge in [-0.05, 0) is 60.7 Å². The Morgan fingerprint density at radius 3 is 1.69 bits per heavy atom. The maximum Gasteiger partial charge on any atom is 0.265 e. The van der Waals surface area contributed by atoms with Gasteiger partial charge in [0.1, 0.15) is 28.6 Å². The summed E-state index contributed by atoms with van der Waals surface area (Å²) in [6, 6.07) is 62.4. The van der Waals surface area contributed by atoms with Crippen molar-refractivity contribution < 1.29 is 8.83 Å². The summed E-state index contributed by atoms with van der Waals surface area (Å²) in [5.74, 6) is 0. The number of fused-ring (bicyclic) bond motifs is 12. The van der Waals surface area contributed by atoms with Crippen LogP contribution in [0, 0.1) is 0 Å². The summed E-state index contributed by atoms with van der Waals surface area (Å²) in [7, 11) is -2.34. The highest BCUT2D eigenvalue weighted by molar-refractivity contribution is 7.73. The first-order valence-electron chi connectivity index (χ1n) is 23.1. The Kier molecular flexibility index (Phi) is 7.84. The molecule has 6 heterocycles. The molecule has 318 valence electrons. The first kappa shape index (κ1) is 37.8. The van der Waals surface area contributed by atoms with E-state index in [0.717, 1.165) is 61.7 Å². The molecule has 12 aromatic rings. The number of nitrogens with zero attached hydrogens (tertiary/aromatic N) is 2. The van der Waals surface area contributed by atoms with Crippen molar-refractivity contribution in [3.63, 3.8) is 0 Å². The van der Waals surface area contributed by atoms with Crippen molar-refractivity contribution in [2.45, 2.75) is 12.5 Å². The number of hydrogen-bond donors (Lipinski definition) is 0. The summed E-state index contributed by atoms with van der Waals surface area (Å²) in [4.78, 5) is 0. The van der Waals surface area contributed by atoms with Crippen LogP contribution in [0.5, 0.6) is 0 Å². The van der Waals surface area contributed by atoms with E-state index in [1.54, 1.807) is 0 Å². The zero-order valence-corrected chi connectivity index (χ0v) is 39.7. The summed E-state index contributed by atoms with van der Waals surface area (Å²) in [5.41, 5.74) is 9.93. The van der Waals surface area contributed by atoms with Gasteiger partial charge in [0.2, 0.25) is 0 Å². The van der Waals surface area contributed by atoms with Crippen LogP contribution in [-0.2, 0) is 0 Å². The number of hydrogen-bond acceptors (Lipinski definition) is 6. The molecule has 0 saturated heterocycles. The standard InChI is InChI=1S/C60H36N2O2P2S2/c1-5-27-47-35(15-1)39-19-9-25-45(57(39)63-47)61-43-23-13-24-44-55(43)56-49(65(61)51-31-11-21-41-37-17-3-7-33-53(37)67-59(41)51)29-14-30-50(56)66(52-32-12-22-42-38-18-4-8-34-54(38)68-60(42)52)62(44)46-26-10-20-40-36-16-2-6-28-48(36)64-58(40)46/h1-29,31-34,44H,30H2/q+2. The van der Waals surface area contributed by atoms with Crippen molar-refractivity contribution in [2.24, 2.45) is 0 Å². The minimum Gasteiger partial charge on any atom is -0.454 e.